The number of rotatable bonds is 1. The van der Waals surface area contributed by atoms with Crippen molar-refractivity contribution in [3.63, 3.8) is 0 Å². The number of allylic oxidation sites excluding steroid dienone is 1. The van der Waals surface area contributed by atoms with Crippen LogP contribution < -0.4 is 0 Å². The van der Waals surface area contributed by atoms with Crippen molar-refractivity contribution in [1.29, 1.82) is 0 Å². The van der Waals surface area contributed by atoms with Gasteiger partial charge in [0, 0.05) is 0 Å². The van der Waals surface area contributed by atoms with Crippen LogP contribution in [0.4, 0.5) is 0 Å². The molecule has 0 spiro atoms. The van der Waals surface area contributed by atoms with Gasteiger partial charge in [-0.25, -0.2) is 0 Å². The van der Waals surface area contributed by atoms with Gasteiger partial charge in [-0.1, -0.05) is 5.57 Å². The zero-order valence-electron chi connectivity index (χ0n) is 5.56. The molecule has 2 aliphatic rings. The Kier molecular flexibility index (Phi) is 1.12. The number of hydrogen-bond donors (Lipinski definition) is 1. The fourth-order valence-electron chi connectivity index (χ4n) is 2.10. The van der Waals surface area contributed by atoms with Crippen molar-refractivity contribution >= 4 is 0 Å². The van der Waals surface area contributed by atoms with Crippen LogP contribution in [0.5, 0.6) is 0 Å². The van der Waals surface area contributed by atoms with Gasteiger partial charge < -0.3 is 5.11 Å². The SMILES string of the molecule is OCC1=C2CCC(C1)C2. The third-order valence-electron chi connectivity index (χ3n) is 2.62. The van der Waals surface area contributed by atoms with Crippen molar-refractivity contribution in [3.8, 4) is 0 Å². The highest BCUT2D eigenvalue weighted by Gasteiger charge is 2.28. The first-order valence-electron chi connectivity index (χ1n) is 3.71. The summed E-state index contributed by atoms with van der Waals surface area (Å²) in [5.41, 5.74) is 2.92. The first kappa shape index (κ1) is 5.48. The zero-order chi connectivity index (χ0) is 6.27. The molecule has 1 unspecified atom stereocenters. The second-order valence-corrected chi connectivity index (χ2v) is 3.18. The van der Waals surface area contributed by atoms with Crippen LogP contribution in [0.2, 0.25) is 0 Å². The lowest BCUT2D eigenvalue weighted by Gasteiger charge is -2.07. The van der Waals surface area contributed by atoms with Gasteiger partial charge in [-0.15, -0.1) is 0 Å². The highest BCUT2D eigenvalue weighted by atomic mass is 16.3. The Balaban J connectivity index is 2.22. The van der Waals surface area contributed by atoms with E-state index in [1.807, 2.05) is 0 Å². The molecule has 9 heavy (non-hydrogen) atoms. The molecule has 1 N–H and O–H groups in total. The molecular formula is C8H12O. The van der Waals surface area contributed by atoms with Gasteiger partial charge >= 0.3 is 0 Å². The van der Waals surface area contributed by atoms with Crippen molar-refractivity contribution in [3.05, 3.63) is 11.1 Å². The third-order valence-corrected chi connectivity index (χ3v) is 2.62. The molecule has 0 radical (unpaired) electrons. The van der Waals surface area contributed by atoms with E-state index < -0.39 is 0 Å². The van der Waals surface area contributed by atoms with Crippen molar-refractivity contribution in [2.45, 2.75) is 25.7 Å². The lowest BCUT2D eigenvalue weighted by Crippen LogP contribution is -1.97. The Morgan fingerprint density at radius 2 is 2.33 bits per heavy atom. The van der Waals surface area contributed by atoms with Crippen LogP contribution in [0.15, 0.2) is 11.1 Å². The molecule has 0 aromatic carbocycles. The molecule has 0 saturated heterocycles. The molecule has 1 nitrogen and oxygen atoms in total. The first-order valence-corrected chi connectivity index (χ1v) is 3.71. The highest BCUT2D eigenvalue weighted by Crippen LogP contribution is 2.43. The van der Waals surface area contributed by atoms with Crippen LogP contribution >= 0.6 is 0 Å². The minimum Gasteiger partial charge on any atom is -0.392 e. The molecule has 0 amide bonds. The van der Waals surface area contributed by atoms with E-state index in [2.05, 4.69) is 0 Å². The van der Waals surface area contributed by atoms with Gasteiger partial charge in [0.15, 0.2) is 0 Å². The van der Waals surface area contributed by atoms with E-state index in [0.717, 1.165) is 5.92 Å². The molecule has 1 fully saturated rings. The molecule has 0 aliphatic heterocycles. The Hall–Kier alpha value is -0.300. The van der Waals surface area contributed by atoms with Crippen molar-refractivity contribution in [1.82, 2.24) is 0 Å². The molecular weight excluding hydrogens is 112 g/mol. The summed E-state index contributed by atoms with van der Waals surface area (Å²) in [6.07, 6.45) is 5.17. The molecule has 0 aromatic heterocycles. The average molecular weight is 124 g/mol. The van der Waals surface area contributed by atoms with Gasteiger partial charge in [-0.3, -0.25) is 0 Å². The van der Waals surface area contributed by atoms with E-state index >= 15 is 0 Å². The lowest BCUT2D eigenvalue weighted by molar-refractivity contribution is 0.321. The minimum absolute atomic E-state index is 0.325. The maximum atomic E-state index is 8.83. The largest absolute Gasteiger partial charge is 0.392 e. The molecule has 0 heterocycles. The third kappa shape index (κ3) is 0.715. The smallest absolute Gasteiger partial charge is 0.0644 e. The van der Waals surface area contributed by atoms with Gasteiger partial charge in [-0.2, -0.15) is 0 Å². The quantitative estimate of drug-likeness (QED) is 0.525. The average Bonchev–Trinajstić information content (AvgIpc) is 2.45. The molecule has 2 rings (SSSR count). The monoisotopic (exact) mass is 124 g/mol. The summed E-state index contributed by atoms with van der Waals surface area (Å²) in [5.74, 6) is 0.919. The number of aliphatic hydroxyl groups is 1. The van der Waals surface area contributed by atoms with Gasteiger partial charge in [0.25, 0.3) is 0 Å². The van der Waals surface area contributed by atoms with E-state index in [1.165, 1.54) is 31.3 Å². The molecule has 1 atom stereocenters. The van der Waals surface area contributed by atoms with Gasteiger partial charge in [0.05, 0.1) is 6.61 Å². The van der Waals surface area contributed by atoms with Crippen molar-refractivity contribution in [2.24, 2.45) is 5.92 Å². The molecule has 1 saturated carbocycles. The lowest BCUT2D eigenvalue weighted by atomic mass is 10.00. The molecule has 2 bridgehead atoms. The van der Waals surface area contributed by atoms with E-state index in [9.17, 15) is 0 Å². The van der Waals surface area contributed by atoms with E-state index in [0.29, 0.717) is 6.61 Å². The molecule has 1 heteroatoms. The normalized spacial score (nSPS) is 32.3. The maximum absolute atomic E-state index is 8.83. The number of aliphatic hydroxyl groups excluding tert-OH is 1. The Bertz CT molecular complexity index is 158. The molecule has 50 valence electrons. The van der Waals surface area contributed by atoms with Crippen LogP contribution in [0.1, 0.15) is 25.7 Å². The summed E-state index contributed by atoms with van der Waals surface area (Å²) < 4.78 is 0. The van der Waals surface area contributed by atoms with Crippen molar-refractivity contribution < 1.29 is 5.11 Å². The molecule has 0 aromatic rings. The zero-order valence-corrected chi connectivity index (χ0v) is 5.56. The molecule has 2 aliphatic carbocycles. The van der Waals surface area contributed by atoms with Crippen LogP contribution in [0, 0.1) is 5.92 Å². The van der Waals surface area contributed by atoms with Crippen LogP contribution in [0.25, 0.3) is 0 Å². The van der Waals surface area contributed by atoms with Crippen molar-refractivity contribution in [2.75, 3.05) is 6.61 Å². The Morgan fingerprint density at radius 3 is 2.67 bits per heavy atom. The van der Waals surface area contributed by atoms with E-state index in [1.54, 1.807) is 5.57 Å². The van der Waals surface area contributed by atoms with E-state index in [4.69, 9.17) is 5.11 Å². The second-order valence-electron chi connectivity index (χ2n) is 3.18. The Morgan fingerprint density at radius 1 is 1.44 bits per heavy atom. The number of fused-ring (bicyclic) bond motifs is 2. The Labute approximate surface area is 55.4 Å². The maximum Gasteiger partial charge on any atom is 0.0644 e. The van der Waals surface area contributed by atoms with Gasteiger partial charge in [0.2, 0.25) is 0 Å². The predicted octanol–water partition coefficient (Wildman–Crippen LogP) is 1.48. The fourth-order valence-corrected chi connectivity index (χ4v) is 2.10. The standard InChI is InChI=1S/C8H12O/c9-5-8-4-6-1-2-7(8)3-6/h6,9H,1-5H2. The summed E-state index contributed by atoms with van der Waals surface area (Å²) >= 11 is 0. The van der Waals surface area contributed by atoms with Crippen LogP contribution in [-0.4, -0.2) is 11.7 Å². The second kappa shape index (κ2) is 1.84. The summed E-state index contributed by atoms with van der Waals surface area (Å²) in [6, 6.07) is 0. The first-order chi connectivity index (χ1) is 4.40. The number of hydrogen-bond acceptors (Lipinski definition) is 1. The van der Waals surface area contributed by atoms with E-state index in [-0.39, 0.29) is 0 Å². The van der Waals surface area contributed by atoms with Gasteiger partial charge in [-0.05, 0) is 37.2 Å². The summed E-state index contributed by atoms with van der Waals surface area (Å²) in [5, 5.41) is 8.83. The highest BCUT2D eigenvalue weighted by molar-refractivity contribution is 5.25. The summed E-state index contributed by atoms with van der Waals surface area (Å²) in [6.45, 7) is 0.325. The summed E-state index contributed by atoms with van der Waals surface area (Å²) in [7, 11) is 0. The van der Waals surface area contributed by atoms with Crippen LogP contribution in [0.3, 0.4) is 0 Å². The minimum atomic E-state index is 0.325. The van der Waals surface area contributed by atoms with Crippen LogP contribution in [-0.2, 0) is 0 Å². The topological polar surface area (TPSA) is 20.2 Å². The summed E-state index contributed by atoms with van der Waals surface area (Å²) in [4.78, 5) is 0. The van der Waals surface area contributed by atoms with Gasteiger partial charge in [0.1, 0.15) is 0 Å². The predicted molar refractivity (Wildman–Crippen MR) is 36.1 cm³/mol. The fraction of sp³-hybridized carbons (Fsp3) is 0.750.